The van der Waals surface area contributed by atoms with Crippen molar-refractivity contribution in [1.29, 1.82) is 0 Å². The Morgan fingerprint density at radius 3 is 2.68 bits per heavy atom. The number of amides is 1. The van der Waals surface area contributed by atoms with E-state index < -0.39 is 12.1 Å². The minimum absolute atomic E-state index is 0.0805. The molecule has 4 rings (SSSR count). The van der Waals surface area contributed by atoms with E-state index in [1.165, 1.54) is 5.56 Å². The number of alkyl halides is 3. The first-order valence-electron chi connectivity index (χ1n) is 9.66. The van der Waals surface area contributed by atoms with Gasteiger partial charge in [0.15, 0.2) is 0 Å². The predicted molar refractivity (Wildman–Crippen MR) is 105 cm³/mol. The maximum Gasteiger partial charge on any atom is 0.490 e. The third-order valence-electron chi connectivity index (χ3n) is 5.23. The van der Waals surface area contributed by atoms with Crippen LogP contribution in [0.25, 0.3) is 0 Å². The summed E-state index contributed by atoms with van der Waals surface area (Å²) < 4.78 is 42.9. The van der Waals surface area contributed by atoms with Gasteiger partial charge in [0.25, 0.3) is 0 Å². The molecule has 170 valence electrons. The number of carbonyl (C=O) groups is 2. The smallest absolute Gasteiger partial charge is 0.475 e. The number of likely N-dealkylation sites (tertiary alicyclic amines) is 1. The summed E-state index contributed by atoms with van der Waals surface area (Å²) in [6.07, 6.45) is -2.64. The fourth-order valence-electron chi connectivity index (χ4n) is 3.77. The van der Waals surface area contributed by atoms with E-state index in [2.05, 4.69) is 27.0 Å². The van der Waals surface area contributed by atoms with Gasteiger partial charge < -0.3 is 19.6 Å². The van der Waals surface area contributed by atoms with Gasteiger partial charge in [0.2, 0.25) is 5.91 Å². The lowest BCUT2D eigenvalue weighted by atomic mass is 9.90. The van der Waals surface area contributed by atoms with E-state index in [0.29, 0.717) is 31.4 Å². The van der Waals surface area contributed by atoms with Crippen molar-refractivity contribution in [3.63, 3.8) is 0 Å². The number of carbonyl (C=O) groups excluding carboxylic acids is 1. The highest BCUT2D eigenvalue weighted by molar-refractivity contribution is 7.07. The average Bonchev–Trinajstić information content (AvgIpc) is 3.47. The summed E-state index contributed by atoms with van der Waals surface area (Å²) in [6.45, 7) is 4.15. The summed E-state index contributed by atoms with van der Waals surface area (Å²) in [5, 5.41) is 14.4. The SMILES string of the molecule is O=C(C[C@@H]1CO[C@@H]2CN(Cc3ccsc3)C[C@H]12)NCc1ccco1.O=C(O)C(F)(F)F. The van der Waals surface area contributed by atoms with Gasteiger partial charge in [-0.3, -0.25) is 9.69 Å². The molecule has 7 nitrogen and oxygen atoms in total. The standard InChI is InChI=1S/C18H22N2O3S.C2HF3O2/c21-18(19-7-15-2-1-4-22-15)6-14-11-23-17-10-20(9-16(14)17)8-13-3-5-24-12-13;3-2(4,5)1(6)7/h1-5,12,14,16-17H,6-11H2,(H,19,21);(H,6,7)/t14-,16-,17-;/m1./s1. The Kier molecular flexibility index (Phi) is 7.74. The Labute approximate surface area is 180 Å². The highest BCUT2D eigenvalue weighted by Gasteiger charge is 2.44. The molecule has 2 saturated heterocycles. The third-order valence-corrected chi connectivity index (χ3v) is 5.96. The van der Waals surface area contributed by atoms with Gasteiger partial charge >= 0.3 is 12.1 Å². The van der Waals surface area contributed by atoms with Crippen LogP contribution < -0.4 is 5.32 Å². The lowest BCUT2D eigenvalue weighted by molar-refractivity contribution is -0.192. The molecule has 3 atom stereocenters. The minimum Gasteiger partial charge on any atom is -0.475 e. The third kappa shape index (κ3) is 6.81. The van der Waals surface area contributed by atoms with Crippen molar-refractivity contribution in [2.45, 2.75) is 31.8 Å². The zero-order chi connectivity index (χ0) is 22.4. The van der Waals surface area contributed by atoms with Crippen molar-refractivity contribution in [3.8, 4) is 0 Å². The van der Waals surface area contributed by atoms with Crippen molar-refractivity contribution in [1.82, 2.24) is 10.2 Å². The molecule has 0 saturated carbocycles. The van der Waals surface area contributed by atoms with Crippen molar-refractivity contribution < 1.29 is 37.0 Å². The van der Waals surface area contributed by atoms with Crippen LogP contribution in [0, 0.1) is 11.8 Å². The first-order chi connectivity index (χ1) is 14.7. The number of nitrogens with one attached hydrogen (secondary N) is 1. The van der Waals surface area contributed by atoms with Gasteiger partial charge in [-0.25, -0.2) is 4.79 Å². The summed E-state index contributed by atoms with van der Waals surface area (Å²) in [5.41, 5.74) is 1.37. The second-order valence-electron chi connectivity index (χ2n) is 7.48. The Balaban J connectivity index is 0.000000339. The van der Waals surface area contributed by atoms with Gasteiger partial charge in [-0.2, -0.15) is 24.5 Å². The van der Waals surface area contributed by atoms with Crippen molar-refractivity contribution in [2.24, 2.45) is 11.8 Å². The number of ether oxygens (including phenoxy) is 1. The van der Waals surface area contributed by atoms with E-state index in [4.69, 9.17) is 19.1 Å². The Morgan fingerprint density at radius 2 is 2.06 bits per heavy atom. The molecule has 0 aromatic carbocycles. The fourth-order valence-corrected chi connectivity index (χ4v) is 4.43. The van der Waals surface area contributed by atoms with Gasteiger partial charge in [-0.1, -0.05) is 0 Å². The van der Waals surface area contributed by atoms with E-state index in [1.807, 2.05) is 12.1 Å². The number of furan rings is 1. The quantitative estimate of drug-likeness (QED) is 0.688. The predicted octanol–water partition coefficient (Wildman–Crippen LogP) is 3.13. The summed E-state index contributed by atoms with van der Waals surface area (Å²) in [4.78, 5) is 23.5. The van der Waals surface area contributed by atoms with Gasteiger partial charge in [-0.15, -0.1) is 0 Å². The molecular weight excluding hydrogens is 437 g/mol. The summed E-state index contributed by atoms with van der Waals surface area (Å²) >= 11 is 1.74. The van der Waals surface area contributed by atoms with Crippen LogP contribution in [0.4, 0.5) is 13.2 Å². The molecule has 0 aliphatic carbocycles. The topological polar surface area (TPSA) is 92.0 Å². The number of hydrogen-bond acceptors (Lipinski definition) is 6. The van der Waals surface area contributed by atoms with Gasteiger partial charge in [0, 0.05) is 32.0 Å². The molecule has 4 heterocycles. The molecule has 2 aromatic rings. The molecule has 0 radical (unpaired) electrons. The number of nitrogens with zero attached hydrogens (tertiary/aromatic N) is 1. The van der Waals surface area contributed by atoms with E-state index in [1.54, 1.807) is 17.6 Å². The zero-order valence-electron chi connectivity index (χ0n) is 16.5. The van der Waals surface area contributed by atoms with Gasteiger partial charge in [0.1, 0.15) is 5.76 Å². The monoisotopic (exact) mass is 460 g/mol. The van der Waals surface area contributed by atoms with Crippen LogP contribution in [0.2, 0.25) is 0 Å². The van der Waals surface area contributed by atoms with Crippen LogP contribution in [-0.4, -0.2) is 53.9 Å². The molecule has 0 unspecified atom stereocenters. The van der Waals surface area contributed by atoms with Crippen molar-refractivity contribution in [3.05, 3.63) is 46.5 Å². The Hall–Kier alpha value is -2.37. The molecule has 2 aliphatic rings. The van der Waals surface area contributed by atoms with E-state index in [-0.39, 0.29) is 12.0 Å². The van der Waals surface area contributed by atoms with Crippen LogP contribution in [0.5, 0.6) is 0 Å². The largest absolute Gasteiger partial charge is 0.490 e. The van der Waals surface area contributed by atoms with Crippen LogP contribution in [0.3, 0.4) is 0 Å². The number of fused-ring (bicyclic) bond motifs is 1. The molecule has 2 N–H and O–H groups in total. The second-order valence-corrected chi connectivity index (χ2v) is 8.26. The van der Waals surface area contributed by atoms with E-state index >= 15 is 0 Å². The van der Waals surface area contributed by atoms with Crippen LogP contribution in [0.15, 0.2) is 39.6 Å². The summed E-state index contributed by atoms with van der Waals surface area (Å²) in [6, 6.07) is 5.88. The van der Waals surface area contributed by atoms with E-state index in [9.17, 15) is 18.0 Å². The van der Waals surface area contributed by atoms with Crippen LogP contribution in [-0.2, 0) is 27.4 Å². The molecule has 2 fully saturated rings. The lowest BCUT2D eigenvalue weighted by Crippen LogP contribution is -2.29. The van der Waals surface area contributed by atoms with Crippen molar-refractivity contribution >= 4 is 23.2 Å². The molecule has 1 amide bonds. The number of aliphatic carboxylic acids is 1. The number of carboxylic acids is 1. The highest BCUT2D eigenvalue weighted by Crippen LogP contribution is 2.36. The number of carboxylic acid groups (broad SMARTS) is 1. The molecule has 2 aromatic heterocycles. The molecular formula is C20H23F3N2O5S. The number of rotatable bonds is 6. The van der Waals surface area contributed by atoms with Gasteiger partial charge in [-0.05, 0) is 40.4 Å². The first kappa shape index (κ1) is 23.3. The maximum absolute atomic E-state index is 12.2. The molecule has 0 bridgehead atoms. The average molecular weight is 460 g/mol. The van der Waals surface area contributed by atoms with Crippen molar-refractivity contribution in [2.75, 3.05) is 19.7 Å². The summed E-state index contributed by atoms with van der Waals surface area (Å²) in [5.74, 6) is -1.10. The molecule has 2 aliphatic heterocycles. The van der Waals surface area contributed by atoms with Crippen LogP contribution in [0.1, 0.15) is 17.7 Å². The molecule has 31 heavy (non-hydrogen) atoms. The highest BCUT2D eigenvalue weighted by atomic mass is 32.1. The molecule has 0 spiro atoms. The Morgan fingerprint density at radius 1 is 1.29 bits per heavy atom. The summed E-state index contributed by atoms with van der Waals surface area (Å²) in [7, 11) is 0. The fraction of sp³-hybridized carbons (Fsp3) is 0.500. The first-order valence-corrected chi connectivity index (χ1v) is 10.6. The lowest BCUT2D eigenvalue weighted by Gasteiger charge is -2.19. The zero-order valence-corrected chi connectivity index (χ0v) is 17.3. The number of hydrogen-bond donors (Lipinski definition) is 2. The second kappa shape index (κ2) is 10.3. The Bertz CT molecular complexity index is 842. The maximum atomic E-state index is 12.2. The number of thiophene rings is 1. The van der Waals surface area contributed by atoms with E-state index in [0.717, 1.165) is 25.4 Å². The van der Waals surface area contributed by atoms with Gasteiger partial charge in [0.05, 0.1) is 25.5 Å². The minimum atomic E-state index is -5.08. The number of halogens is 3. The molecule has 11 heteroatoms. The normalized spacial score (nSPS) is 23.1. The van der Waals surface area contributed by atoms with Crippen LogP contribution >= 0.6 is 11.3 Å².